The van der Waals surface area contributed by atoms with Gasteiger partial charge in [-0.15, -0.1) is 0 Å². The van der Waals surface area contributed by atoms with Crippen LogP contribution in [0.25, 0.3) is 0 Å². The molecule has 0 fully saturated rings. The zero-order valence-corrected chi connectivity index (χ0v) is 16.4. The SMILES string of the molecule is CN(C)CCNC(=O)c1ccccc1NS(=O)(=O)c1ccc(Br)cc1. The van der Waals surface area contributed by atoms with Crippen molar-refractivity contribution < 1.29 is 13.2 Å². The number of amides is 1. The predicted octanol–water partition coefficient (Wildman–Crippen LogP) is 2.54. The molecule has 0 aliphatic heterocycles. The van der Waals surface area contributed by atoms with Gasteiger partial charge in [0.05, 0.1) is 16.1 Å². The third-order valence-corrected chi connectivity index (χ3v) is 5.29. The summed E-state index contributed by atoms with van der Waals surface area (Å²) in [6.07, 6.45) is 0. The van der Waals surface area contributed by atoms with E-state index in [1.165, 1.54) is 12.1 Å². The van der Waals surface area contributed by atoms with Crippen LogP contribution in [-0.4, -0.2) is 46.4 Å². The van der Waals surface area contributed by atoms with Gasteiger partial charge in [0.25, 0.3) is 15.9 Å². The molecule has 0 heterocycles. The quantitative estimate of drug-likeness (QED) is 0.714. The van der Waals surface area contributed by atoms with E-state index in [2.05, 4.69) is 26.0 Å². The molecule has 0 aromatic heterocycles. The van der Waals surface area contributed by atoms with Gasteiger partial charge in [-0.3, -0.25) is 9.52 Å². The molecule has 0 aliphatic carbocycles. The molecule has 0 saturated heterocycles. The molecule has 0 saturated carbocycles. The van der Waals surface area contributed by atoms with Gasteiger partial charge in [0.1, 0.15) is 0 Å². The summed E-state index contributed by atoms with van der Waals surface area (Å²) in [6, 6.07) is 12.8. The summed E-state index contributed by atoms with van der Waals surface area (Å²) < 4.78 is 28.3. The fourth-order valence-corrected chi connectivity index (χ4v) is 3.42. The van der Waals surface area contributed by atoms with Gasteiger partial charge in [-0.2, -0.15) is 0 Å². The maximum atomic E-state index is 12.5. The number of carbonyl (C=O) groups excluding carboxylic acids is 1. The third kappa shape index (κ3) is 5.55. The van der Waals surface area contributed by atoms with E-state index < -0.39 is 10.0 Å². The molecule has 2 aromatic rings. The first-order valence-corrected chi connectivity index (χ1v) is 9.87. The Morgan fingerprint density at radius 3 is 2.36 bits per heavy atom. The van der Waals surface area contributed by atoms with Crippen LogP contribution >= 0.6 is 15.9 Å². The van der Waals surface area contributed by atoms with E-state index in [0.29, 0.717) is 13.1 Å². The molecular formula is C17H20BrN3O3S. The van der Waals surface area contributed by atoms with Gasteiger partial charge in [0.15, 0.2) is 0 Å². The van der Waals surface area contributed by atoms with Crippen LogP contribution in [0.2, 0.25) is 0 Å². The van der Waals surface area contributed by atoms with Crippen LogP contribution in [0.4, 0.5) is 5.69 Å². The van der Waals surface area contributed by atoms with Crippen molar-refractivity contribution in [1.29, 1.82) is 0 Å². The second-order valence-electron chi connectivity index (χ2n) is 5.66. The smallest absolute Gasteiger partial charge is 0.261 e. The molecule has 0 unspecified atom stereocenters. The number of halogens is 1. The van der Waals surface area contributed by atoms with Crippen molar-refractivity contribution in [2.24, 2.45) is 0 Å². The monoisotopic (exact) mass is 425 g/mol. The normalized spacial score (nSPS) is 11.4. The van der Waals surface area contributed by atoms with E-state index in [9.17, 15) is 13.2 Å². The highest BCUT2D eigenvalue weighted by Crippen LogP contribution is 2.21. The van der Waals surface area contributed by atoms with E-state index in [0.717, 1.165) is 4.47 Å². The number of carbonyl (C=O) groups is 1. The minimum absolute atomic E-state index is 0.124. The lowest BCUT2D eigenvalue weighted by molar-refractivity contribution is 0.0952. The highest BCUT2D eigenvalue weighted by Gasteiger charge is 2.18. The number of sulfonamides is 1. The van der Waals surface area contributed by atoms with Gasteiger partial charge in [0.2, 0.25) is 0 Å². The van der Waals surface area contributed by atoms with Crippen molar-refractivity contribution in [2.75, 3.05) is 31.9 Å². The van der Waals surface area contributed by atoms with Crippen LogP contribution in [0.1, 0.15) is 10.4 Å². The first kappa shape index (κ1) is 19.4. The van der Waals surface area contributed by atoms with Crippen LogP contribution < -0.4 is 10.0 Å². The number of nitrogens with zero attached hydrogens (tertiary/aromatic N) is 1. The van der Waals surface area contributed by atoms with Gasteiger partial charge in [-0.1, -0.05) is 28.1 Å². The van der Waals surface area contributed by atoms with Gasteiger partial charge in [-0.05, 0) is 50.5 Å². The number of benzene rings is 2. The number of nitrogens with one attached hydrogen (secondary N) is 2. The van der Waals surface area contributed by atoms with Crippen LogP contribution in [-0.2, 0) is 10.0 Å². The number of rotatable bonds is 7. The molecule has 2 aromatic carbocycles. The number of hydrogen-bond donors (Lipinski definition) is 2. The predicted molar refractivity (Wildman–Crippen MR) is 102 cm³/mol. The lowest BCUT2D eigenvalue weighted by Crippen LogP contribution is -2.32. The Balaban J connectivity index is 2.20. The Bertz CT molecular complexity index is 836. The molecule has 0 spiro atoms. The van der Waals surface area contributed by atoms with Crippen LogP contribution in [0.3, 0.4) is 0 Å². The van der Waals surface area contributed by atoms with Crippen LogP contribution in [0, 0.1) is 0 Å². The fourth-order valence-electron chi connectivity index (χ4n) is 2.08. The molecule has 0 atom stereocenters. The van der Waals surface area contributed by atoms with Crippen molar-refractivity contribution in [3.8, 4) is 0 Å². The minimum atomic E-state index is -3.78. The highest BCUT2D eigenvalue weighted by molar-refractivity contribution is 9.10. The van der Waals surface area contributed by atoms with E-state index in [1.807, 2.05) is 19.0 Å². The third-order valence-electron chi connectivity index (χ3n) is 3.38. The summed E-state index contributed by atoms with van der Waals surface area (Å²) in [4.78, 5) is 14.4. The maximum absolute atomic E-state index is 12.5. The van der Waals surface area contributed by atoms with Crippen molar-refractivity contribution >= 4 is 37.5 Å². The van der Waals surface area contributed by atoms with Crippen molar-refractivity contribution in [3.63, 3.8) is 0 Å². The molecule has 0 radical (unpaired) electrons. The molecule has 8 heteroatoms. The van der Waals surface area contributed by atoms with E-state index >= 15 is 0 Å². The number of hydrogen-bond acceptors (Lipinski definition) is 4. The topological polar surface area (TPSA) is 78.5 Å². The van der Waals surface area contributed by atoms with Gasteiger partial charge in [-0.25, -0.2) is 8.42 Å². The number of likely N-dealkylation sites (N-methyl/N-ethyl adjacent to an activating group) is 1. The lowest BCUT2D eigenvalue weighted by Gasteiger charge is -2.14. The van der Waals surface area contributed by atoms with E-state index in [1.54, 1.807) is 36.4 Å². The average molecular weight is 426 g/mol. The zero-order valence-electron chi connectivity index (χ0n) is 14.0. The van der Waals surface area contributed by atoms with Crippen LogP contribution in [0.5, 0.6) is 0 Å². The molecule has 25 heavy (non-hydrogen) atoms. The summed E-state index contributed by atoms with van der Waals surface area (Å²) in [5.41, 5.74) is 0.523. The molecule has 0 aliphatic rings. The van der Waals surface area contributed by atoms with E-state index in [4.69, 9.17) is 0 Å². The second-order valence-corrected chi connectivity index (χ2v) is 8.26. The molecule has 2 rings (SSSR count). The Kier molecular flexibility index (Phi) is 6.57. The molecule has 0 bridgehead atoms. The van der Waals surface area contributed by atoms with Gasteiger partial charge in [0, 0.05) is 17.6 Å². The Morgan fingerprint density at radius 1 is 1.08 bits per heavy atom. The molecule has 1 amide bonds. The average Bonchev–Trinajstić information content (AvgIpc) is 2.55. The number of para-hydroxylation sites is 1. The first-order chi connectivity index (χ1) is 11.8. The largest absolute Gasteiger partial charge is 0.351 e. The van der Waals surface area contributed by atoms with Gasteiger partial charge < -0.3 is 10.2 Å². The summed E-state index contributed by atoms with van der Waals surface area (Å²) in [6.45, 7) is 1.16. The molecular weight excluding hydrogens is 406 g/mol. The summed E-state index contributed by atoms with van der Waals surface area (Å²) >= 11 is 3.27. The Labute approximate surface area is 156 Å². The van der Waals surface area contributed by atoms with Crippen molar-refractivity contribution in [1.82, 2.24) is 10.2 Å². The Hall–Kier alpha value is -1.90. The van der Waals surface area contributed by atoms with Crippen molar-refractivity contribution in [2.45, 2.75) is 4.90 Å². The maximum Gasteiger partial charge on any atom is 0.261 e. The summed E-state index contributed by atoms with van der Waals surface area (Å²) in [7, 11) is 0.0392. The fraction of sp³-hybridized carbons (Fsp3) is 0.235. The molecule has 2 N–H and O–H groups in total. The Morgan fingerprint density at radius 2 is 1.72 bits per heavy atom. The zero-order chi connectivity index (χ0) is 18.4. The first-order valence-electron chi connectivity index (χ1n) is 7.60. The standard InChI is InChI=1S/C17H20BrN3O3S/c1-21(2)12-11-19-17(22)15-5-3-4-6-16(15)20-25(23,24)14-9-7-13(18)8-10-14/h3-10,20H,11-12H2,1-2H3,(H,19,22). The second kappa shape index (κ2) is 8.46. The summed E-state index contributed by atoms with van der Waals surface area (Å²) in [5, 5.41) is 2.78. The highest BCUT2D eigenvalue weighted by atomic mass is 79.9. The summed E-state index contributed by atoms with van der Waals surface area (Å²) in [5.74, 6) is -0.323. The number of anilines is 1. The van der Waals surface area contributed by atoms with Crippen molar-refractivity contribution in [3.05, 3.63) is 58.6 Å². The lowest BCUT2D eigenvalue weighted by atomic mass is 10.1. The molecule has 134 valence electrons. The van der Waals surface area contributed by atoms with Gasteiger partial charge >= 0.3 is 0 Å². The van der Waals surface area contributed by atoms with E-state index in [-0.39, 0.29) is 22.1 Å². The molecule has 6 nitrogen and oxygen atoms in total. The van der Waals surface area contributed by atoms with Crippen LogP contribution in [0.15, 0.2) is 57.9 Å². The minimum Gasteiger partial charge on any atom is -0.351 e.